The molecule has 3 aromatic heterocycles. The van der Waals surface area contributed by atoms with Crippen LogP contribution in [-0.4, -0.2) is 57.2 Å². The number of nitrogens with one attached hydrogen (secondary N) is 2. The molecule has 0 aromatic carbocycles. The van der Waals surface area contributed by atoms with Gasteiger partial charge in [0.25, 0.3) is 0 Å². The second-order valence-corrected chi connectivity index (χ2v) is 8.72. The zero-order valence-corrected chi connectivity index (χ0v) is 18.1. The number of imidazole rings is 1. The third-order valence-corrected chi connectivity index (χ3v) is 6.15. The van der Waals surface area contributed by atoms with E-state index in [0.29, 0.717) is 17.0 Å². The lowest BCUT2D eigenvalue weighted by Crippen LogP contribution is -2.52. The number of nitrogens with zero attached hydrogens (tertiary/aromatic N) is 5. The number of pyridine rings is 1. The molecule has 4 atom stereocenters. The summed E-state index contributed by atoms with van der Waals surface area (Å²) >= 11 is 6.21. The van der Waals surface area contributed by atoms with E-state index in [1.165, 1.54) is 0 Å². The highest BCUT2D eigenvalue weighted by molar-refractivity contribution is 6.30. The SMILES string of the molecule is Cc1cc(-c2cnc3ccc(Cl)cn23)nc(N2C[C@@H](C)O[C@H](C3CNNC3C)C2)n1. The third-order valence-electron chi connectivity index (χ3n) is 5.93. The Morgan fingerprint density at radius 3 is 2.87 bits per heavy atom. The van der Waals surface area contributed by atoms with Crippen molar-refractivity contribution in [2.45, 2.75) is 39.0 Å². The Labute approximate surface area is 180 Å². The van der Waals surface area contributed by atoms with Crippen LogP contribution < -0.4 is 15.8 Å². The molecule has 2 aliphatic heterocycles. The zero-order valence-electron chi connectivity index (χ0n) is 17.3. The van der Waals surface area contributed by atoms with Gasteiger partial charge in [0.15, 0.2) is 0 Å². The normalized spacial score (nSPS) is 27.1. The molecule has 0 radical (unpaired) electrons. The van der Waals surface area contributed by atoms with Crippen molar-refractivity contribution in [1.29, 1.82) is 0 Å². The molecular formula is C21H26ClN7O. The van der Waals surface area contributed by atoms with Crippen molar-refractivity contribution >= 4 is 23.2 Å². The van der Waals surface area contributed by atoms with Gasteiger partial charge in [0, 0.05) is 43.5 Å². The van der Waals surface area contributed by atoms with E-state index < -0.39 is 0 Å². The summed E-state index contributed by atoms with van der Waals surface area (Å²) in [5, 5.41) is 0.658. The maximum absolute atomic E-state index is 6.29. The molecule has 0 amide bonds. The van der Waals surface area contributed by atoms with Crippen molar-refractivity contribution in [3.05, 3.63) is 41.3 Å². The predicted octanol–water partition coefficient (Wildman–Crippen LogP) is 2.46. The fourth-order valence-corrected chi connectivity index (χ4v) is 4.59. The maximum atomic E-state index is 6.29. The average Bonchev–Trinajstić information content (AvgIpc) is 3.32. The van der Waals surface area contributed by atoms with Crippen LogP contribution in [0.1, 0.15) is 19.5 Å². The van der Waals surface area contributed by atoms with Gasteiger partial charge in [0.05, 0.1) is 34.8 Å². The van der Waals surface area contributed by atoms with Crippen LogP contribution in [0.5, 0.6) is 0 Å². The van der Waals surface area contributed by atoms with Gasteiger partial charge in [-0.2, -0.15) is 0 Å². The third kappa shape index (κ3) is 3.65. The zero-order chi connectivity index (χ0) is 20.8. The van der Waals surface area contributed by atoms with E-state index in [4.69, 9.17) is 26.3 Å². The van der Waals surface area contributed by atoms with Crippen molar-refractivity contribution in [3.63, 3.8) is 0 Å². The largest absolute Gasteiger partial charge is 0.371 e. The van der Waals surface area contributed by atoms with Crippen LogP contribution in [0.4, 0.5) is 5.95 Å². The summed E-state index contributed by atoms with van der Waals surface area (Å²) in [6.07, 6.45) is 3.93. The Hall–Kier alpha value is -2.26. The topological polar surface area (TPSA) is 79.6 Å². The maximum Gasteiger partial charge on any atom is 0.226 e. The number of halogens is 1. The second-order valence-electron chi connectivity index (χ2n) is 8.28. The first-order chi connectivity index (χ1) is 14.5. The van der Waals surface area contributed by atoms with Gasteiger partial charge in [0.2, 0.25) is 5.95 Å². The average molecular weight is 428 g/mol. The highest BCUT2D eigenvalue weighted by Gasteiger charge is 2.37. The number of fused-ring (bicyclic) bond motifs is 1. The summed E-state index contributed by atoms with van der Waals surface area (Å²) in [5.74, 6) is 1.13. The highest BCUT2D eigenvalue weighted by atomic mass is 35.5. The first-order valence-electron chi connectivity index (χ1n) is 10.4. The molecule has 5 heterocycles. The molecule has 8 nitrogen and oxygen atoms in total. The highest BCUT2D eigenvalue weighted by Crippen LogP contribution is 2.27. The number of morpholine rings is 1. The van der Waals surface area contributed by atoms with E-state index in [1.807, 2.05) is 41.9 Å². The molecule has 2 saturated heterocycles. The molecule has 2 unspecified atom stereocenters. The molecule has 3 aromatic rings. The van der Waals surface area contributed by atoms with Crippen LogP contribution in [0.25, 0.3) is 17.0 Å². The number of aryl methyl sites for hydroxylation is 1. The second kappa shape index (κ2) is 7.77. The van der Waals surface area contributed by atoms with Crippen molar-refractivity contribution in [2.24, 2.45) is 5.92 Å². The summed E-state index contributed by atoms with van der Waals surface area (Å²) in [6.45, 7) is 8.73. The van der Waals surface area contributed by atoms with Crippen molar-refractivity contribution in [3.8, 4) is 11.4 Å². The van der Waals surface area contributed by atoms with Crippen molar-refractivity contribution < 1.29 is 4.74 Å². The lowest BCUT2D eigenvalue weighted by Gasteiger charge is -2.40. The fourth-order valence-electron chi connectivity index (χ4n) is 4.43. The van der Waals surface area contributed by atoms with Crippen LogP contribution in [0.2, 0.25) is 5.02 Å². The number of hydrazine groups is 1. The van der Waals surface area contributed by atoms with Gasteiger partial charge >= 0.3 is 0 Å². The smallest absolute Gasteiger partial charge is 0.226 e. The molecule has 0 bridgehead atoms. The van der Waals surface area contributed by atoms with Gasteiger partial charge in [-0.1, -0.05) is 11.6 Å². The van der Waals surface area contributed by atoms with Gasteiger partial charge < -0.3 is 9.64 Å². The molecule has 0 saturated carbocycles. The number of hydrogen-bond donors (Lipinski definition) is 2. The molecular weight excluding hydrogens is 402 g/mol. The lowest BCUT2D eigenvalue weighted by molar-refractivity contribution is -0.0458. The van der Waals surface area contributed by atoms with Gasteiger partial charge in [-0.05, 0) is 39.0 Å². The summed E-state index contributed by atoms with van der Waals surface area (Å²) in [5.41, 5.74) is 10.0. The molecule has 30 heavy (non-hydrogen) atoms. The van der Waals surface area contributed by atoms with Gasteiger partial charge in [-0.3, -0.25) is 15.3 Å². The predicted molar refractivity (Wildman–Crippen MR) is 117 cm³/mol. The summed E-state index contributed by atoms with van der Waals surface area (Å²) in [4.78, 5) is 16.4. The van der Waals surface area contributed by atoms with E-state index in [1.54, 1.807) is 0 Å². The van der Waals surface area contributed by atoms with Gasteiger partial charge in [0.1, 0.15) is 5.65 Å². The monoisotopic (exact) mass is 427 g/mol. The van der Waals surface area contributed by atoms with Crippen molar-refractivity contribution in [2.75, 3.05) is 24.5 Å². The van der Waals surface area contributed by atoms with E-state index in [9.17, 15) is 0 Å². The summed E-state index contributed by atoms with van der Waals surface area (Å²) < 4.78 is 8.26. The van der Waals surface area contributed by atoms with Crippen LogP contribution in [-0.2, 0) is 4.74 Å². The quantitative estimate of drug-likeness (QED) is 0.664. The van der Waals surface area contributed by atoms with E-state index in [2.05, 4.69) is 34.6 Å². The number of anilines is 1. The minimum Gasteiger partial charge on any atom is -0.371 e. The lowest BCUT2D eigenvalue weighted by atomic mass is 9.95. The van der Waals surface area contributed by atoms with Crippen LogP contribution in [0.3, 0.4) is 0 Å². The van der Waals surface area contributed by atoms with E-state index in [0.717, 1.165) is 48.3 Å². The van der Waals surface area contributed by atoms with E-state index >= 15 is 0 Å². The van der Waals surface area contributed by atoms with Gasteiger partial charge in [-0.15, -0.1) is 0 Å². The number of ether oxygens (including phenoxy) is 1. The molecule has 158 valence electrons. The Morgan fingerprint density at radius 1 is 1.20 bits per heavy atom. The van der Waals surface area contributed by atoms with Crippen molar-refractivity contribution in [1.82, 2.24) is 30.2 Å². The summed E-state index contributed by atoms with van der Waals surface area (Å²) in [6, 6.07) is 6.09. The Bertz CT molecular complexity index is 1070. The minimum atomic E-state index is 0.110. The first kappa shape index (κ1) is 19.7. The first-order valence-corrected chi connectivity index (χ1v) is 10.7. The van der Waals surface area contributed by atoms with Crippen LogP contribution in [0, 0.1) is 12.8 Å². The molecule has 0 spiro atoms. The standard InChI is InChI=1S/C21H26ClN7O/c1-12-6-17(18-8-23-20-5-4-15(22)10-29(18)20)26-21(25-12)28-9-13(2)30-19(11-28)16-7-24-27-14(16)3/h4-6,8,10,13-14,16,19,24,27H,7,9,11H2,1-3H3/t13-,14?,16?,19+/m1/s1. The van der Waals surface area contributed by atoms with Crippen LogP contribution >= 0.6 is 11.6 Å². The molecule has 0 aliphatic carbocycles. The van der Waals surface area contributed by atoms with Crippen LogP contribution in [0.15, 0.2) is 30.6 Å². The van der Waals surface area contributed by atoms with Gasteiger partial charge in [-0.25, -0.2) is 15.0 Å². The number of rotatable bonds is 3. The minimum absolute atomic E-state index is 0.110. The Kier molecular flexibility index (Phi) is 5.10. The molecule has 9 heteroatoms. The fraction of sp³-hybridized carbons (Fsp3) is 0.476. The molecule has 2 N–H and O–H groups in total. The van der Waals surface area contributed by atoms with E-state index in [-0.39, 0.29) is 12.2 Å². The molecule has 5 rings (SSSR count). The number of hydrogen-bond acceptors (Lipinski definition) is 7. The molecule has 2 aliphatic rings. The molecule has 2 fully saturated rings. The summed E-state index contributed by atoms with van der Waals surface area (Å²) in [7, 11) is 0. The number of aromatic nitrogens is 4. The Balaban J connectivity index is 1.49. The Morgan fingerprint density at radius 2 is 2.07 bits per heavy atom.